The van der Waals surface area contributed by atoms with E-state index in [0.717, 1.165) is 15.9 Å². The summed E-state index contributed by atoms with van der Waals surface area (Å²) in [6.07, 6.45) is 0.524. The van der Waals surface area contributed by atoms with Crippen LogP contribution in [0, 0.1) is 12.8 Å². The molecule has 0 saturated heterocycles. The molecule has 1 aromatic rings. The van der Waals surface area contributed by atoms with Crippen LogP contribution < -0.4 is 0 Å². The number of methoxy groups -OCH3 is 1. The number of rotatable bonds is 5. The highest BCUT2D eigenvalue weighted by Crippen LogP contribution is 2.28. The first-order chi connectivity index (χ1) is 7.81. The van der Waals surface area contributed by atoms with E-state index in [1.54, 1.807) is 7.11 Å². The third kappa shape index (κ3) is 3.09. The molecule has 1 unspecified atom stereocenters. The summed E-state index contributed by atoms with van der Waals surface area (Å²) in [5.74, 6) is 0.115. The fourth-order valence-corrected chi connectivity index (χ4v) is 2.31. The first-order valence-electron chi connectivity index (χ1n) is 5.71. The van der Waals surface area contributed by atoms with Crippen molar-refractivity contribution >= 4 is 15.9 Å². The molecule has 0 bridgehead atoms. The predicted octanol–water partition coefficient (Wildman–Crippen LogP) is 2.07. The fraction of sp³-hybridized carbons (Fsp3) is 0.750. The first-order valence-corrected chi connectivity index (χ1v) is 6.50. The molecule has 98 valence electrons. The Hall–Kier alpha value is -0.390. The van der Waals surface area contributed by atoms with Gasteiger partial charge in [-0.05, 0) is 28.8 Å². The largest absolute Gasteiger partial charge is 0.387 e. The Morgan fingerprint density at radius 2 is 2.12 bits per heavy atom. The average molecular weight is 305 g/mol. The molecule has 0 aliphatic rings. The first kappa shape index (κ1) is 14.7. The summed E-state index contributed by atoms with van der Waals surface area (Å²) in [7, 11) is 3.50. The molecule has 0 radical (unpaired) electrons. The van der Waals surface area contributed by atoms with Crippen LogP contribution >= 0.6 is 15.9 Å². The van der Waals surface area contributed by atoms with Gasteiger partial charge < -0.3 is 9.84 Å². The average Bonchev–Trinajstić information content (AvgIpc) is 2.45. The maximum absolute atomic E-state index is 10.6. The molecule has 5 heteroatoms. The van der Waals surface area contributed by atoms with Crippen LogP contribution in [0.5, 0.6) is 0 Å². The molecular weight excluding hydrogens is 284 g/mol. The van der Waals surface area contributed by atoms with Crippen molar-refractivity contribution in [3.8, 4) is 0 Å². The van der Waals surface area contributed by atoms with E-state index >= 15 is 0 Å². The molecule has 1 rings (SSSR count). The van der Waals surface area contributed by atoms with Gasteiger partial charge in [0.15, 0.2) is 0 Å². The van der Waals surface area contributed by atoms with Crippen LogP contribution in [0.25, 0.3) is 0 Å². The zero-order valence-electron chi connectivity index (χ0n) is 11.1. The predicted molar refractivity (Wildman–Crippen MR) is 71.0 cm³/mol. The standard InChI is InChI=1S/C12H21BrN2O2/c1-8(2)12(16,7-17-5)6-10-11(13)9(3)14-15(10)4/h8,16H,6-7H2,1-5H3. The zero-order valence-corrected chi connectivity index (χ0v) is 12.7. The molecule has 0 fully saturated rings. The second-order valence-electron chi connectivity index (χ2n) is 4.84. The number of hydrogen-bond acceptors (Lipinski definition) is 3. The molecule has 1 N–H and O–H groups in total. The molecule has 0 saturated carbocycles. The van der Waals surface area contributed by atoms with Crippen molar-refractivity contribution in [3.05, 3.63) is 15.9 Å². The van der Waals surface area contributed by atoms with Crippen molar-refractivity contribution in [3.63, 3.8) is 0 Å². The minimum absolute atomic E-state index is 0.115. The summed E-state index contributed by atoms with van der Waals surface area (Å²) < 4.78 is 7.91. The van der Waals surface area contributed by atoms with Crippen LogP contribution in [0.1, 0.15) is 25.2 Å². The summed E-state index contributed by atoms with van der Waals surface area (Å²) in [4.78, 5) is 0. The molecule has 4 nitrogen and oxygen atoms in total. The van der Waals surface area contributed by atoms with Gasteiger partial charge in [-0.25, -0.2) is 0 Å². The number of ether oxygens (including phenoxy) is 1. The molecule has 1 atom stereocenters. The normalized spacial score (nSPS) is 15.3. The number of aromatic nitrogens is 2. The van der Waals surface area contributed by atoms with Crippen LogP contribution in [0.2, 0.25) is 0 Å². The Morgan fingerprint density at radius 3 is 2.47 bits per heavy atom. The smallest absolute Gasteiger partial charge is 0.0958 e. The SMILES string of the molecule is COCC(O)(Cc1c(Br)c(C)nn1C)C(C)C. The van der Waals surface area contributed by atoms with Gasteiger partial charge in [0.2, 0.25) is 0 Å². The lowest BCUT2D eigenvalue weighted by Gasteiger charge is -2.31. The van der Waals surface area contributed by atoms with Gasteiger partial charge in [0.1, 0.15) is 0 Å². The van der Waals surface area contributed by atoms with Crippen molar-refractivity contribution in [1.29, 1.82) is 0 Å². The fourth-order valence-electron chi connectivity index (χ4n) is 1.83. The second-order valence-corrected chi connectivity index (χ2v) is 5.63. The van der Waals surface area contributed by atoms with E-state index in [2.05, 4.69) is 21.0 Å². The molecule has 0 aliphatic heterocycles. The minimum atomic E-state index is -0.864. The van der Waals surface area contributed by atoms with E-state index in [9.17, 15) is 5.11 Å². The Morgan fingerprint density at radius 1 is 1.53 bits per heavy atom. The van der Waals surface area contributed by atoms with Gasteiger partial charge in [-0.15, -0.1) is 0 Å². The quantitative estimate of drug-likeness (QED) is 0.906. The van der Waals surface area contributed by atoms with Crippen LogP contribution in [0.3, 0.4) is 0 Å². The Balaban J connectivity index is 3.01. The number of nitrogens with zero attached hydrogens (tertiary/aromatic N) is 2. The topological polar surface area (TPSA) is 47.3 Å². The van der Waals surface area contributed by atoms with Gasteiger partial charge in [0.05, 0.1) is 28.1 Å². The van der Waals surface area contributed by atoms with Crippen molar-refractivity contribution in [2.24, 2.45) is 13.0 Å². The number of hydrogen-bond donors (Lipinski definition) is 1. The number of aliphatic hydroxyl groups is 1. The summed E-state index contributed by atoms with van der Waals surface area (Å²) in [5, 5.41) is 14.9. The van der Waals surface area contributed by atoms with Crippen LogP contribution in [0.4, 0.5) is 0 Å². The summed E-state index contributed by atoms with van der Waals surface area (Å²) in [5.41, 5.74) is 1.07. The Bertz CT molecular complexity index is 390. The van der Waals surface area contributed by atoms with Gasteiger partial charge in [0, 0.05) is 20.6 Å². The second kappa shape index (κ2) is 5.50. The summed E-state index contributed by atoms with van der Waals surface area (Å²) in [6, 6.07) is 0. The Labute approximate surface area is 111 Å². The summed E-state index contributed by atoms with van der Waals surface area (Å²) >= 11 is 3.52. The van der Waals surface area contributed by atoms with Gasteiger partial charge in [-0.3, -0.25) is 4.68 Å². The van der Waals surface area contributed by atoms with Gasteiger partial charge >= 0.3 is 0 Å². The number of halogens is 1. The maximum atomic E-state index is 10.6. The molecule has 0 spiro atoms. The van der Waals surface area contributed by atoms with Crippen molar-refractivity contribution in [2.75, 3.05) is 13.7 Å². The van der Waals surface area contributed by atoms with E-state index in [0.29, 0.717) is 13.0 Å². The lowest BCUT2D eigenvalue weighted by molar-refractivity contribution is -0.0649. The molecule has 1 heterocycles. The number of aryl methyl sites for hydroxylation is 2. The van der Waals surface area contributed by atoms with Crippen molar-refractivity contribution in [2.45, 2.75) is 32.8 Å². The molecule has 0 aromatic carbocycles. The monoisotopic (exact) mass is 304 g/mol. The van der Waals surface area contributed by atoms with Crippen LogP contribution in [-0.4, -0.2) is 34.2 Å². The van der Waals surface area contributed by atoms with Crippen molar-refractivity contribution < 1.29 is 9.84 Å². The summed E-state index contributed by atoms with van der Waals surface area (Å²) in [6.45, 7) is 6.26. The molecule has 1 aromatic heterocycles. The Kier molecular flexibility index (Phi) is 4.75. The van der Waals surface area contributed by atoms with E-state index in [1.165, 1.54) is 0 Å². The van der Waals surface area contributed by atoms with E-state index in [-0.39, 0.29) is 5.92 Å². The molecule has 17 heavy (non-hydrogen) atoms. The molecular formula is C12H21BrN2O2. The highest BCUT2D eigenvalue weighted by atomic mass is 79.9. The van der Waals surface area contributed by atoms with E-state index < -0.39 is 5.60 Å². The molecule has 0 amide bonds. The lowest BCUT2D eigenvalue weighted by atomic mass is 9.86. The highest BCUT2D eigenvalue weighted by Gasteiger charge is 2.33. The van der Waals surface area contributed by atoms with Crippen LogP contribution in [0.15, 0.2) is 4.47 Å². The minimum Gasteiger partial charge on any atom is -0.387 e. The third-order valence-electron chi connectivity index (χ3n) is 3.20. The van der Waals surface area contributed by atoms with Gasteiger partial charge in [-0.1, -0.05) is 13.8 Å². The highest BCUT2D eigenvalue weighted by molar-refractivity contribution is 9.10. The third-order valence-corrected chi connectivity index (χ3v) is 4.24. The van der Waals surface area contributed by atoms with E-state index in [4.69, 9.17) is 4.74 Å². The maximum Gasteiger partial charge on any atom is 0.0958 e. The van der Waals surface area contributed by atoms with Crippen molar-refractivity contribution in [1.82, 2.24) is 9.78 Å². The van der Waals surface area contributed by atoms with Gasteiger partial charge in [-0.2, -0.15) is 5.10 Å². The van der Waals surface area contributed by atoms with Gasteiger partial charge in [0.25, 0.3) is 0 Å². The van der Waals surface area contributed by atoms with E-state index in [1.807, 2.05) is 32.5 Å². The van der Waals surface area contributed by atoms with Crippen LogP contribution in [-0.2, 0) is 18.2 Å². The zero-order chi connectivity index (χ0) is 13.2. The lowest BCUT2D eigenvalue weighted by Crippen LogP contribution is -2.42. The molecule has 0 aliphatic carbocycles.